The van der Waals surface area contributed by atoms with Gasteiger partial charge in [-0.15, -0.1) is 0 Å². The molecular weight excluding hydrogens is 534 g/mol. The van der Waals surface area contributed by atoms with E-state index in [1.165, 1.54) is 44.2 Å². The van der Waals surface area contributed by atoms with Gasteiger partial charge in [0, 0.05) is 27.0 Å². The number of para-hydroxylation sites is 1. The van der Waals surface area contributed by atoms with Gasteiger partial charge >= 0.3 is 0 Å². The number of fused-ring (bicyclic) bond motifs is 7. The Kier molecular flexibility index (Phi) is 5.37. The van der Waals surface area contributed by atoms with Gasteiger partial charge in [0.1, 0.15) is 0 Å². The van der Waals surface area contributed by atoms with E-state index >= 15 is 0 Å². The standard InChI is InChI=1S/C41H31N3/c1-41(2)34-17-9-6-14-29(34)32-24-33-30-15-8-11-19-37(30)44(38(33)25-35(32)41)40-42-36-18-10-7-16-31(36)39(43-40)28-22-20-27(21-23-28)26-12-4-3-5-13-26/h3-6,8-9,11-25H,7,10H2,1-2H3. The van der Waals surface area contributed by atoms with Crippen molar-refractivity contribution in [3.05, 3.63) is 137 Å². The third-order valence-corrected chi connectivity index (χ3v) is 9.66. The number of aromatic nitrogens is 3. The maximum absolute atomic E-state index is 5.37. The molecule has 0 radical (unpaired) electrons. The molecule has 3 heteroatoms. The number of rotatable bonds is 3. The fourth-order valence-electron chi connectivity index (χ4n) is 7.43. The summed E-state index contributed by atoms with van der Waals surface area (Å²) in [6.45, 7) is 4.68. The lowest BCUT2D eigenvalue weighted by atomic mass is 9.82. The van der Waals surface area contributed by atoms with E-state index in [0.717, 1.165) is 51.6 Å². The SMILES string of the molecule is CC1(C)c2ccccc2-c2cc3c4ccccc4n(-c4nc(-c5ccc(-c6ccccc6)cc5)c5c(n4)=CCCC=5)c3cc21. The van der Waals surface area contributed by atoms with E-state index in [1.54, 1.807) is 0 Å². The molecule has 0 bridgehead atoms. The first-order valence-electron chi connectivity index (χ1n) is 15.5. The molecule has 2 heterocycles. The van der Waals surface area contributed by atoms with Crippen LogP contribution in [0.3, 0.4) is 0 Å². The molecule has 0 amide bonds. The molecule has 0 spiro atoms. The second-order valence-electron chi connectivity index (χ2n) is 12.5. The van der Waals surface area contributed by atoms with Crippen molar-refractivity contribution in [2.45, 2.75) is 32.1 Å². The van der Waals surface area contributed by atoms with Gasteiger partial charge in [0.25, 0.3) is 0 Å². The minimum Gasteiger partial charge on any atom is -0.278 e. The van der Waals surface area contributed by atoms with Crippen LogP contribution >= 0.6 is 0 Å². The molecular formula is C41H31N3. The van der Waals surface area contributed by atoms with Gasteiger partial charge in [-0.25, -0.2) is 9.97 Å². The molecule has 5 aromatic carbocycles. The fourth-order valence-corrected chi connectivity index (χ4v) is 7.43. The number of hydrogen-bond acceptors (Lipinski definition) is 2. The molecule has 0 saturated heterocycles. The Labute approximate surface area is 256 Å². The lowest BCUT2D eigenvalue weighted by Gasteiger charge is -2.21. The summed E-state index contributed by atoms with van der Waals surface area (Å²) in [5.74, 6) is 0.719. The average molecular weight is 566 g/mol. The summed E-state index contributed by atoms with van der Waals surface area (Å²) in [5, 5.41) is 4.60. The smallest absolute Gasteiger partial charge is 0.235 e. The molecule has 0 N–H and O–H groups in total. The Balaban J connectivity index is 1.30. The summed E-state index contributed by atoms with van der Waals surface area (Å²) < 4.78 is 2.29. The van der Waals surface area contributed by atoms with E-state index in [0.29, 0.717) is 0 Å². The van der Waals surface area contributed by atoms with E-state index in [1.807, 2.05) is 0 Å². The number of nitrogens with zero attached hydrogens (tertiary/aromatic N) is 3. The van der Waals surface area contributed by atoms with Gasteiger partial charge in [-0.1, -0.05) is 123 Å². The first-order valence-corrected chi connectivity index (χ1v) is 15.5. The molecule has 0 atom stereocenters. The topological polar surface area (TPSA) is 30.7 Å². The maximum atomic E-state index is 5.37. The van der Waals surface area contributed by atoms with Crippen LogP contribution < -0.4 is 10.6 Å². The Bertz CT molecular complexity index is 2390. The minimum atomic E-state index is -0.0908. The Morgan fingerprint density at radius 2 is 1.27 bits per heavy atom. The van der Waals surface area contributed by atoms with Crippen molar-refractivity contribution in [2.24, 2.45) is 0 Å². The maximum Gasteiger partial charge on any atom is 0.235 e. The van der Waals surface area contributed by atoms with Gasteiger partial charge in [0.2, 0.25) is 5.95 Å². The Morgan fingerprint density at radius 1 is 0.568 bits per heavy atom. The van der Waals surface area contributed by atoms with Crippen LogP contribution in [0.4, 0.5) is 0 Å². The zero-order valence-electron chi connectivity index (χ0n) is 24.9. The van der Waals surface area contributed by atoms with Crippen LogP contribution in [0.25, 0.3) is 73.4 Å². The van der Waals surface area contributed by atoms with E-state index < -0.39 is 0 Å². The Hall–Kier alpha value is -5.28. The van der Waals surface area contributed by atoms with Crippen LogP contribution in [0.15, 0.2) is 115 Å². The van der Waals surface area contributed by atoms with E-state index in [2.05, 4.69) is 146 Å². The van der Waals surface area contributed by atoms with Gasteiger partial charge in [-0.05, 0) is 64.4 Å². The highest BCUT2D eigenvalue weighted by Gasteiger charge is 2.36. The summed E-state index contributed by atoms with van der Waals surface area (Å²) >= 11 is 0. The lowest BCUT2D eigenvalue weighted by molar-refractivity contribution is 0.661. The molecule has 2 aromatic heterocycles. The van der Waals surface area contributed by atoms with Gasteiger partial charge in [0.05, 0.1) is 22.1 Å². The molecule has 7 aromatic rings. The van der Waals surface area contributed by atoms with Crippen LogP contribution in [0.2, 0.25) is 0 Å². The molecule has 210 valence electrons. The molecule has 0 saturated carbocycles. The largest absolute Gasteiger partial charge is 0.278 e. The monoisotopic (exact) mass is 565 g/mol. The van der Waals surface area contributed by atoms with E-state index in [-0.39, 0.29) is 5.41 Å². The van der Waals surface area contributed by atoms with E-state index in [4.69, 9.17) is 9.97 Å². The van der Waals surface area contributed by atoms with Crippen molar-refractivity contribution in [1.29, 1.82) is 0 Å². The summed E-state index contributed by atoms with van der Waals surface area (Å²) in [7, 11) is 0. The minimum absolute atomic E-state index is 0.0908. The molecule has 9 rings (SSSR count). The lowest BCUT2D eigenvalue weighted by Crippen LogP contribution is -2.34. The number of hydrogen-bond donors (Lipinski definition) is 0. The molecule has 3 nitrogen and oxygen atoms in total. The summed E-state index contributed by atoms with van der Waals surface area (Å²) in [5.41, 5.74) is 12.1. The highest BCUT2D eigenvalue weighted by atomic mass is 15.2. The normalized spacial score (nSPS) is 14.5. The molecule has 0 aliphatic heterocycles. The predicted molar refractivity (Wildman–Crippen MR) is 182 cm³/mol. The van der Waals surface area contributed by atoms with Crippen LogP contribution in [-0.2, 0) is 5.41 Å². The second kappa shape index (κ2) is 9.36. The van der Waals surface area contributed by atoms with Crippen molar-refractivity contribution in [1.82, 2.24) is 14.5 Å². The van der Waals surface area contributed by atoms with Crippen molar-refractivity contribution in [2.75, 3.05) is 0 Å². The summed E-state index contributed by atoms with van der Waals surface area (Å²) in [6.07, 6.45) is 6.57. The van der Waals surface area contributed by atoms with Crippen molar-refractivity contribution < 1.29 is 0 Å². The van der Waals surface area contributed by atoms with Crippen LogP contribution in [-0.4, -0.2) is 14.5 Å². The van der Waals surface area contributed by atoms with Gasteiger partial charge in [-0.2, -0.15) is 0 Å². The predicted octanol–water partition coefficient (Wildman–Crippen LogP) is 8.57. The highest BCUT2D eigenvalue weighted by Crippen LogP contribution is 2.50. The van der Waals surface area contributed by atoms with E-state index in [9.17, 15) is 0 Å². The van der Waals surface area contributed by atoms with Crippen LogP contribution in [0, 0.1) is 0 Å². The molecule has 2 aliphatic carbocycles. The second-order valence-corrected chi connectivity index (χ2v) is 12.5. The Morgan fingerprint density at radius 3 is 2.14 bits per heavy atom. The summed E-state index contributed by atoms with van der Waals surface area (Å²) in [6, 6.07) is 41.7. The summed E-state index contributed by atoms with van der Waals surface area (Å²) in [4.78, 5) is 10.6. The van der Waals surface area contributed by atoms with Gasteiger partial charge < -0.3 is 0 Å². The van der Waals surface area contributed by atoms with Crippen molar-refractivity contribution in [3.8, 4) is 39.5 Å². The van der Waals surface area contributed by atoms with Gasteiger partial charge in [-0.3, -0.25) is 4.57 Å². The average Bonchev–Trinajstić information content (AvgIpc) is 3.52. The van der Waals surface area contributed by atoms with Crippen molar-refractivity contribution >= 4 is 34.0 Å². The van der Waals surface area contributed by atoms with Crippen molar-refractivity contribution in [3.63, 3.8) is 0 Å². The molecule has 0 unspecified atom stereocenters. The highest BCUT2D eigenvalue weighted by molar-refractivity contribution is 6.11. The zero-order valence-corrected chi connectivity index (χ0v) is 24.9. The van der Waals surface area contributed by atoms with Crippen LogP contribution in [0.1, 0.15) is 37.8 Å². The number of benzene rings is 5. The molecule has 0 fully saturated rings. The fraction of sp³-hybridized carbons (Fsp3) is 0.122. The third-order valence-electron chi connectivity index (χ3n) is 9.66. The first-order chi connectivity index (χ1) is 21.6. The zero-order chi connectivity index (χ0) is 29.4. The molecule has 2 aliphatic rings. The quantitative estimate of drug-likeness (QED) is 0.215. The third kappa shape index (κ3) is 3.62. The van der Waals surface area contributed by atoms with Gasteiger partial charge in [0.15, 0.2) is 0 Å². The van der Waals surface area contributed by atoms with Crippen LogP contribution in [0.5, 0.6) is 0 Å². The molecule has 44 heavy (non-hydrogen) atoms. The first kappa shape index (κ1) is 25.2.